The van der Waals surface area contributed by atoms with Crippen LogP contribution in [0.2, 0.25) is 0 Å². The molecule has 0 amide bonds. The topological polar surface area (TPSA) is 66.3 Å². The number of hydrogen-bond donors (Lipinski definition) is 1. The normalized spacial score (nSPS) is 10.2. The summed E-state index contributed by atoms with van der Waals surface area (Å²) >= 11 is 0. The standard InChI is InChI=1S/C12H10N2.C8H7N3/c1-3-7-11(8-4-1)13-14-12-9-5-2-6-10-12;1-2-4-7(5-3-1)8-6-9-11-10-8/h1-10H;1-6H,(H,9,10,11). The first-order chi connectivity index (χ1) is 12.4. The molecule has 0 atom stereocenters. The molecule has 25 heavy (non-hydrogen) atoms. The fraction of sp³-hybridized carbons (Fsp3) is 0. The molecule has 0 aliphatic carbocycles. The van der Waals surface area contributed by atoms with Crippen LogP contribution in [-0.2, 0) is 0 Å². The predicted octanol–water partition coefficient (Wildman–Crippen LogP) is 5.57. The number of rotatable bonds is 3. The van der Waals surface area contributed by atoms with Crippen molar-refractivity contribution < 1.29 is 0 Å². The number of benzene rings is 3. The molecule has 1 aromatic heterocycles. The Balaban J connectivity index is 0.000000150. The Morgan fingerprint density at radius 2 is 1.08 bits per heavy atom. The molecule has 0 bridgehead atoms. The van der Waals surface area contributed by atoms with Crippen molar-refractivity contribution in [3.05, 3.63) is 97.2 Å². The predicted molar refractivity (Wildman–Crippen MR) is 98.9 cm³/mol. The van der Waals surface area contributed by atoms with E-state index < -0.39 is 0 Å². The van der Waals surface area contributed by atoms with E-state index in [1.54, 1.807) is 6.20 Å². The van der Waals surface area contributed by atoms with Gasteiger partial charge in [0.1, 0.15) is 5.69 Å². The highest BCUT2D eigenvalue weighted by Gasteiger charge is 1.96. The maximum atomic E-state index is 4.10. The van der Waals surface area contributed by atoms with Crippen molar-refractivity contribution in [1.29, 1.82) is 0 Å². The second-order valence-electron chi connectivity index (χ2n) is 5.09. The number of hydrogen-bond acceptors (Lipinski definition) is 4. The zero-order valence-electron chi connectivity index (χ0n) is 13.5. The molecule has 0 fully saturated rings. The van der Waals surface area contributed by atoms with Gasteiger partial charge in [-0.3, -0.25) is 0 Å². The molecule has 0 unspecified atom stereocenters. The number of H-pyrrole nitrogens is 1. The molecule has 4 rings (SSSR count). The lowest BCUT2D eigenvalue weighted by molar-refractivity contribution is 0.942. The molecule has 0 spiro atoms. The highest BCUT2D eigenvalue weighted by molar-refractivity contribution is 5.56. The van der Waals surface area contributed by atoms with Gasteiger partial charge in [0.05, 0.1) is 17.6 Å². The van der Waals surface area contributed by atoms with Crippen molar-refractivity contribution in [3.63, 3.8) is 0 Å². The minimum Gasteiger partial charge on any atom is -0.197 e. The van der Waals surface area contributed by atoms with E-state index in [9.17, 15) is 0 Å². The van der Waals surface area contributed by atoms with Crippen LogP contribution in [0.5, 0.6) is 0 Å². The van der Waals surface area contributed by atoms with Crippen LogP contribution in [0.3, 0.4) is 0 Å². The Kier molecular flexibility index (Phi) is 5.78. The van der Waals surface area contributed by atoms with Gasteiger partial charge in [0.15, 0.2) is 0 Å². The van der Waals surface area contributed by atoms with Gasteiger partial charge < -0.3 is 0 Å². The van der Waals surface area contributed by atoms with E-state index in [-0.39, 0.29) is 0 Å². The largest absolute Gasteiger partial charge is 0.197 e. The quantitative estimate of drug-likeness (QED) is 0.500. The van der Waals surface area contributed by atoms with Crippen LogP contribution in [0.25, 0.3) is 11.3 Å². The minimum atomic E-state index is 0.872. The third-order valence-electron chi connectivity index (χ3n) is 3.28. The fourth-order valence-electron chi connectivity index (χ4n) is 2.05. The van der Waals surface area contributed by atoms with Crippen LogP contribution in [0.1, 0.15) is 0 Å². The maximum absolute atomic E-state index is 4.10. The zero-order valence-corrected chi connectivity index (χ0v) is 13.5. The molecule has 5 heteroatoms. The number of azo groups is 1. The lowest BCUT2D eigenvalue weighted by atomic mass is 10.2. The molecule has 0 radical (unpaired) electrons. The number of aromatic nitrogens is 3. The molecule has 0 saturated carbocycles. The molecule has 122 valence electrons. The number of nitrogens with zero attached hydrogens (tertiary/aromatic N) is 4. The molecule has 5 nitrogen and oxygen atoms in total. The summed E-state index contributed by atoms with van der Waals surface area (Å²) in [5, 5.41) is 18.4. The lowest BCUT2D eigenvalue weighted by Gasteiger charge is -1.91. The van der Waals surface area contributed by atoms with E-state index in [4.69, 9.17) is 0 Å². The highest BCUT2D eigenvalue weighted by atomic mass is 15.3. The van der Waals surface area contributed by atoms with Gasteiger partial charge in [-0.05, 0) is 24.3 Å². The Morgan fingerprint density at radius 3 is 1.52 bits per heavy atom. The Bertz CT molecular complexity index is 832. The molecular formula is C20H17N5. The smallest absolute Gasteiger partial charge is 0.112 e. The maximum Gasteiger partial charge on any atom is 0.112 e. The Hall–Kier alpha value is -3.60. The van der Waals surface area contributed by atoms with Crippen molar-refractivity contribution in [2.75, 3.05) is 0 Å². The molecule has 0 aliphatic heterocycles. The van der Waals surface area contributed by atoms with Gasteiger partial charge >= 0.3 is 0 Å². The van der Waals surface area contributed by atoms with E-state index >= 15 is 0 Å². The summed E-state index contributed by atoms with van der Waals surface area (Å²) in [6.07, 6.45) is 1.70. The molecule has 3 aromatic carbocycles. The minimum absolute atomic E-state index is 0.872. The van der Waals surface area contributed by atoms with E-state index in [0.29, 0.717) is 0 Å². The highest BCUT2D eigenvalue weighted by Crippen LogP contribution is 2.16. The third-order valence-corrected chi connectivity index (χ3v) is 3.28. The van der Waals surface area contributed by atoms with Gasteiger partial charge in [0.25, 0.3) is 0 Å². The van der Waals surface area contributed by atoms with Crippen LogP contribution in [0, 0.1) is 0 Å². The molecule has 1 N–H and O–H groups in total. The zero-order chi connectivity index (χ0) is 17.2. The summed E-state index contributed by atoms with van der Waals surface area (Å²) in [5.41, 5.74) is 3.71. The summed E-state index contributed by atoms with van der Waals surface area (Å²) in [6, 6.07) is 29.3. The number of nitrogens with one attached hydrogen (secondary N) is 1. The second kappa shape index (κ2) is 8.88. The first-order valence-corrected chi connectivity index (χ1v) is 7.85. The monoisotopic (exact) mass is 327 g/mol. The Morgan fingerprint density at radius 1 is 0.600 bits per heavy atom. The lowest BCUT2D eigenvalue weighted by Crippen LogP contribution is -1.75. The second-order valence-corrected chi connectivity index (χ2v) is 5.09. The van der Waals surface area contributed by atoms with Gasteiger partial charge in [-0.1, -0.05) is 66.7 Å². The third kappa shape index (κ3) is 5.21. The average Bonchev–Trinajstić information content (AvgIpc) is 3.24. The average molecular weight is 327 g/mol. The van der Waals surface area contributed by atoms with Crippen molar-refractivity contribution in [2.24, 2.45) is 10.2 Å². The van der Waals surface area contributed by atoms with Crippen LogP contribution in [0.4, 0.5) is 11.4 Å². The van der Waals surface area contributed by atoms with Crippen molar-refractivity contribution in [3.8, 4) is 11.3 Å². The van der Waals surface area contributed by atoms with E-state index in [1.165, 1.54) is 0 Å². The van der Waals surface area contributed by atoms with Gasteiger partial charge in [0.2, 0.25) is 0 Å². The van der Waals surface area contributed by atoms with Crippen molar-refractivity contribution >= 4 is 11.4 Å². The van der Waals surface area contributed by atoms with Crippen LogP contribution in [-0.4, -0.2) is 15.4 Å². The van der Waals surface area contributed by atoms with Crippen molar-refractivity contribution in [2.45, 2.75) is 0 Å². The fourth-order valence-corrected chi connectivity index (χ4v) is 2.05. The first kappa shape index (κ1) is 16.3. The van der Waals surface area contributed by atoms with Gasteiger partial charge in [-0.15, -0.1) is 0 Å². The van der Waals surface area contributed by atoms with Gasteiger partial charge in [-0.25, -0.2) is 0 Å². The summed E-state index contributed by atoms with van der Waals surface area (Å²) in [7, 11) is 0. The molecular weight excluding hydrogens is 310 g/mol. The SMILES string of the molecule is c1ccc(-c2cn[nH]n2)cc1.c1ccc(N=Nc2ccccc2)cc1. The van der Waals surface area contributed by atoms with E-state index in [2.05, 4.69) is 25.6 Å². The van der Waals surface area contributed by atoms with Crippen LogP contribution >= 0.6 is 0 Å². The summed E-state index contributed by atoms with van der Waals surface area (Å²) < 4.78 is 0. The van der Waals surface area contributed by atoms with Crippen LogP contribution in [0.15, 0.2) is 107 Å². The summed E-state index contributed by atoms with van der Waals surface area (Å²) in [6.45, 7) is 0. The van der Waals surface area contributed by atoms with E-state index in [1.807, 2.05) is 91.0 Å². The Labute approximate surface area is 146 Å². The van der Waals surface area contributed by atoms with Crippen LogP contribution < -0.4 is 0 Å². The number of aromatic amines is 1. The van der Waals surface area contributed by atoms with Gasteiger partial charge in [0, 0.05) is 5.56 Å². The van der Waals surface area contributed by atoms with Crippen molar-refractivity contribution in [1.82, 2.24) is 15.4 Å². The molecule has 4 aromatic rings. The van der Waals surface area contributed by atoms with Gasteiger partial charge in [-0.2, -0.15) is 25.6 Å². The van der Waals surface area contributed by atoms with E-state index in [0.717, 1.165) is 22.6 Å². The molecule has 0 aliphatic rings. The molecule has 0 saturated heterocycles. The summed E-state index contributed by atoms with van der Waals surface area (Å²) in [5.74, 6) is 0. The summed E-state index contributed by atoms with van der Waals surface area (Å²) in [4.78, 5) is 0. The first-order valence-electron chi connectivity index (χ1n) is 7.85. The molecule has 1 heterocycles.